The monoisotopic (exact) mass is 357 g/mol. The van der Waals surface area contributed by atoms with Crippen LogP contribution in [0.2, 0.25) is 5.02 Å². The van der Waals surface area contributed by atoms with Gasteiger partial charge in [-0.15, -0.1) is 0 Å². The van der Waals surface area contributed by atoms with Crippen molar-refractivity contribution in [2.24, 2.45) is 0 Å². The first-order valence-electron chi connectivity index (χ1n) is 8.00. The number of nitriles is 1. The first kappa shape index (κ1) is 18.8. The van der Waals surface area contributed by atoms with E-state index in [2.05, 4.69) is 10.3 Å². The highest BCUT2D eigenvalue weighted by Gasteiger charge is 2.15. The maximum atomic E-state index is 12.2. The van der Waals surface area contributed by atoms with Gasteiger partial charge in [0.1, 0.15) is 11.6 Å². The molecule has 0 fully saturated rings. The van der Waals surface area contributed by atoms with Crippen LogP contribution in [0.3, 0.4) is 0 Å². The molecule has 0 radical (unpaired) electrons. The lowest BCUT2D eigenvalue weighted by Gasteiger charge is -2.15. The molecule has 2 aromatic rings. The lowest BCUT2D eigenvalue weighted by molar-refractivity contribution is -0.121. The number of amides is 1. The zero-order valence-corrected chi connectivity index (χ0v) is 15.2. The molecule has 0 saturated heterocycles. The average Bonchev–Trinajstić information content (AvgIpc) is 2.54. The van der Waals surface area contributed by atoms with Crippen molar-refractivity contribution in [3.05, 3.63) is 67.6 Å². The number of benzene rings is 1. The number of nitrogens with zero attached hydrogens (tertiary/aromatic N) is 1. The third-order valence-electron chi connectivity index (χ3n) is 4.25. The number of hydrogen-bond acceptors (Lipinski definition) is 3. The van der Waals surface area contributed by atoms with Crippen LogP contribution < -0.4 is 10.9 Å². The van der Waals surface area contributed by atoms with Crippen molar-refractivity contribution in [1.82, 2.24) is 10.3 Å². The summed E-state index contributed by atoms with van der Waals surface area (Å²) in [6, 6.07) is 9.13. The van der Waals surface area contributed by atoms with Crippen molar-refractivity contribution < 1.29 is 4.79 Å². The molecule has 0 saturated carbocycles. The fourth-order valence-electron chi connectivity index (χ4n) is 2.83. The van der Waals surface area contributed by atoms with Crippen molar-refractivity contribution in [2.45, 2.75) is 39.7 Å². The maximum Gasteiger partial charge on any atom is 0.266 e. The van der Waals surface area contributed by atoms with Crippen LogP contribution in [0, 0.1) is 25.2 Å². The van der Waals surface area contributed by atoms with E-state index in [0.29, 0.717) is 22.7 Å². The van der Waals surface area contributed by atoms with Crippen LogP contribution in [0.15, 0.2) is 29.1 Å². The summed E-state index contributed by atoms with van der Waals surface area (Å²) in [5.74, 6) is -0.101. The van der Waals surface area contributed by atoms with Gasteiger partial charge in [-0.25, -0.2) is 0 Å². The predicted molar refractivity (Wildman–Crippen MR) is 97.6 cm³/mol. The molecule has 1 heterocycles. The first-order chi connectivity index (χ1) is 11.8. The Morgan fingerprint density at radius 2 is 2.12 bits per heavy atom. The number of halogens is 1. The molecule has 2 rings (SSSR count). The maximum absolute atomic E-state index is 12.2. The number of hydrogen-bond donors (Lipinski definition) is 2. The van der Waals surface area contributed by atoms with Gasteiger partial charge in [-0.1, -0.05) is 23.7 Å². The van der Waals surface area contributed by atoms with Gasteiger partial charge in [-0.05, 0) is 56.0 Å². The SMILES string of the molecule is Cc1[nH]c(=O)c(C#N)c(C)c1CCC(=O)N[C@@H](C)c1cccc(Cl)c1. The molecule has 1 atom stereocenters. The Kier molecular flexibility index (Phi) is 6.00. The highest BCUT2D eigenvalue weighted by molar-refractivity contribution is 6.30. The quantitative estimate of drug-likeness (QED) is 0.860. The highest BCUT2D eigenvalue weighted by Crippen LogP contribution is 2.18. The van der Waals surface area contributed by atoms with Crippen LogP contribution in [0.1, 0.15) is 47.3 Å². The molecule has 2 N–H and O–H groups in total. The highest BCUT2D eigenvalue weighted by atomic mass is 35.5. The van der Waals surface area contributed by atoms with Crippen molar-refractivity contribution >= 4 is 17.5 Å². The van der Waals surface area contributed by atoms with Crippen LogP contribution in [0.4, 0.5) is 0 Å². The molecule has 6 heteroatoms. The molecule has 0 spiro atoms. The van der Waals surface area contributed by atoms with E-state index in [4.69, 9.17) is 16.9 Å². The summed E-state index contributed by atoms with van der Waals surface area (Å²) >= 11 is 5.97. The third-order valence-corrected chi connectivity index (χ3v) is 4.48. The number of carbonyl (C=O) groups is 1. The van der Waals surface area contributed by atoms with Crippen LogP contribution >= 0.6 is 11.6 Å². The van der Waals surface area contributed by atoms with E-state index in [9.17, 15) is 9.59 Å². The molecule has 0 bridgehead atoms. The van der Waals surface area contributed by atoms with Gasteiger partial charge in [0.05, 0.1) is 6.04 Å². The van der Waals surface area contributed by atoms with E-state index in [1.165, 1.54) is 0 Å². The number of pyridine rings is 1. The largest absolute Gasteiger partial charge is 0.350 e. The standard InChI is InChI=1S/C19H20ClN3O2/c1-11-16(13(3)23-19(25)17(11)10-21)7-8-18(24)22-12(2)14-5-4-6-15(20)9-14/h4-6,9,12H,7-8H2,1-3H3,(H,22,24)(H,23,25)/t12-/m0/s1. The average molecular weight is 358 g/mol. The van der Waals surface area contributed by atoms with Crippen LogP contribution in [-0.4, -0.2) is 10.9 Å². The fourth-order valence-corrected chi connectivity index (χ4v) is 3.03. The van der Waals surface area contributed by atoms with Gasteiger partial charge >= 0.3 is 0 Å². The van der Waals surface area contributed by atoms with Gasteiger partial charge in [0.25, 0.3) is 5.56 Å². The number of nitrogens with one attached hydrogen (secondary N) is 2. The summed E-state index contributed by atoms with van der Waals surface area (Å²) in [7, 11) is 0. The van der Waals surface area contributed by atoms with E-state index in [1.54, 1.807) is 19.9 Å². The number of aromatic nitrogens is 1. The molecule has 1 amide bonds. The summed E-state index contributed by atoms with van der Waals surface area (Å²) in [6.45, 7) is 5.41. The van der Waals surface area contributed by atoms with Crippen molar-refractivity contribution in [3.8, 4) is 6.07 Å². The molecule has 1 aromatic carbocycles. The molecule has 0 aliphatic carbocycles. The summed E-state index contributed by atoms with van der Waals surface area (Å²) in [6.07, 6.45) is 0.723. The van der Waals surface area contributed by atoms with Gasteiger partial charge in [0.2, 0.25) is 5.91 Å². The van der Waals surface area contributed by atoms with Crippen molar-refractivity contribution in [1.29, 1.82) is 5.26 Å². The minimum absolute atomic E-state index is 0.101. The molecule has 1 aromatic heterocycles. The van der Waals surface area contributed by atoms with E-state index in [0.717, 1.165) is 11.1 Å². The Hall–Kier alpha value is -2.58. The molecular weight excluding hydrogens is 338 g/mol. The lowest BCUT2D eigenvalue weighted by atomic mass is 9.99. The van der Waals surface area contributed by atoms with Crippen LogP contribution in [0.25, 0.3) is 0 Å². The molecule has 130 valence electrons. The molecule has 0 aliphatic heterocycles. The Bertz CT molecular complexity index is 897. The second kappa shape index (κ2) is 8.00. The number of aromatic amines is 1. The minimum atomic E-state index is -0.389. The van der Waals surface area contributed by atoms with Crippen molar-refractivity contribution in [2.75, 3.05) is 0 Å². The smallest absolute Gasteiger partial charge is 0.266 e. The normalized spacial score (nSPS) is 11.6. The van der Waals surface area contributed by atoms with E-state index in [-0.39, 0.29) is 29.5 Å². The molecule has 25 heavy (non-hydrogen) atoms. The van der Waals surface area contributed by atoms with Gasteiger partial charge in [0, 0.05) is 17.1 Å². The zero-order valence-electron chi connectivity index (χ0n) is 14.4. The second-order valence-electron chi connectivity index (χ2n) is 6.01. The topological polar surface area (TPSA) is 85.8 Å². The van der Waals surface area contributed by atoms with Gasteiger partial charge in [0.15, 0.2) is 0 Å². The number of rotatable bonds is 5. The Balaban J connectivity index is 2.06. The number of aryl methyl sites for hydroxylation is 1. The summed E-state index contributed by atoms with van der Waals surface area (Å²) in [5, 5.41) is 12.7. The van der Waals surface area contributed by atoms with Crippen LogP contribution in [-0.2, 0) is 11.2 Å². The van der Waals surface area contributed by atoms with Crippen LogP contribution in [0.5, 0.6) is 0 Å². The van der Waals surface area contributed by atoms with Gasteiger partial charge in [-0.2, -0.15) is 5.26 Å². The summed E-state index contributed by atoms with van der Waals surface area (Å²) in [4.78, 5) is 26.7. The van der Waals surface area contributed by atoms with Crippen molar-refractivity contribution in [3.63, 3.8) is 0 Å². The third kappa shape index (κ3) is 4.49. The molecule has 0 aliphatic rings. The minimum Gasteiger partial charge on any atom is -0.350 e. The predicted octanol–water partition coefficient (Wildman–Crippen LogP) is 3.33. The summed E-state index contributed by atoms with van der Waals surface area (Å²) in [5.41, 5.74) is 2.82. The number of H-pyrrole nitrogens is 1. The number of carbonyl (C=O) groups excluding carboxylic acids is 1. The molecule has 0 unspecified atom stereocenters. The Morgan fingerprint density at radius 3 is 2.76 bits per heavy atom. The molecular formula is C19H20ClN3O2. The van der Waals surface area contributed by atoms with E-state index < -0.39 is 0 Å². The first-order valence-corrected chi connectivity index (χ1v) is 8.38. The summed E-state index contributed by atoms with van der Waals surface area (Å²) < 4.78 is 0. The fraction of sp³-hybridized carbons (Fsp3) is 0.316. The van der Waals surface area contributed by atoms with Gasteiger partial charge in [-0.3, -0.25) is 9.59 Å². The van der Waals surface area contributed by atoms with Gasteiger partial charge < -0.3 is 10.3 Å². The lowest BCUT2D eigenvalue weighted by Crippen LogP contribution is -2.27. The Morgan fingerprint density at radius 1 is 1.40 bits per heavy atom. The molecule has 5 nitrogen and oxygen atoms in total. The van der Waals surface area contributed by atoms with E-state index in [1.807, 2.05) is 31.2 Å². The Labute approximate surface area is 151 Å². The zero-order chi connectivity index (χ0) is 18.6. The second-order valence-corrected chi connectivity index (χ2v) is 6.45. The van der Waals surface area contributed by atoms with E-state index >= 15 is 0 Å².